The van der Waals surface area contributed by atoms with Gasteiger partial charge in [0.1, 0.15) is 0 Å². The van der Waals surface area contributed by atoms with Crippen LogP contribution in [0.15, 0.2) is 0 Å². The van der Waals surface area contributed by atoms with Gasteiger partial charge in [-0.2, -0.15) is 0 Å². The number of hydrogen-bond donors (Lipinski definition) is 2. The molecule has 3 N–H and O–H groups in total. The van der Waals surface area contributed by atoms with Gasteiger partial charge in [0.25, 0.3) is 0 Å². The Morgan fingerprint density at radius 2 is 2.45 bits per heavy atom. The quantitative estimate of drug-likeness (QED) is 0.554. The molecular weight excluding hydrogens is 140 g/mol. The largest absolute Gasteiger partial charge is 0.341 e. The predicted octanol–water partition coefficient (Wildman–Crippen LogP) is -0.137. The lowest BCUT2D eigenvalue weighted by Gasteiger charge is -2.10. The van der Waals surface area contributed by atoms with Gasteiger partial charge in [-0.25, -0.2) is 0 Å². The second-order valence-electron chi connectivity index (χ2n) is 2.28. The normalized spacial score (nSPS) is 11.7. The molecule has 1 atom stereocenters. The van der Waals surface area contributed by atoms with Crippen LogP contribution in [0, 0.1) is 12.3 Å². The molecule has 0 aliphatic rings. The topological polar surface area (TPSA) is 55.1 Å². The third-order valence-corrected chi connectivity index (χ3v) is 1.30. The summed E-state index contributed by atoms with van der Waals surface area (Å²) in [6, 6.07) is -0.156. The standard InChI is InChI=1S/C8H14N2O/c1-3-5-7(4-2)10-8(11)6-9/h2,7H,3,5-6,9H2,1H3,(H,10,11). The number of terminal acetylenes is 1. The fourth-order valence-corrected chi connectivity index (χ4v) is 0.739. The van der Waals surface area contributed by atoms with E-state index in [1.54, 1.807) is 0 Å². The fourth-order valence-electron chi connectivity index (χ4n) is 0.739. The van der Waals surface area contributed by atoms with Gasteiger partial charge in [0.15, 0.2) is 0 Å². The van der Waals surface area contributed by atoms with Gasteiger partial charge in [-0.15, -0.1) is 6.42 Å². The van der Waals surface area contributed by atoms with Crippen molar-refractivity contribution in [2.75, 3.05) is 6.54 Å². The molecule has 0 aliphatic carbocycles. The van der Waals surface area contributed by atoms with Crippen molar-refractivity contribution < 1.29 is 4.79 Å². The molecule has 0 aromatic carbocycles. The van der Waals surface area contributed by atoms with Crippen LogP contribution < -0.4 is 11.1 Å². The van der Waals surface area contributed by atoms with E-state index in [0.29, 0.717) is 0 Å². The molecule has 0 aliphatic heterocycles. The third-order valence-electron chi connectivity index (χ3n) is 1.30. The van der Waals surface area contributed by atoms with Crippen LogP contribution >= 0.6 is 0 Å². The van der Waals surface area contributed by atoms with E-state index in [9.17, 15) is 4.79 Å². The van der Waals surface area contributed by atoms with Crippen molar-refractivity contribution in [3.63, 3.8) is 0 Å². The highest BCUT2D eigenvalue weighted by atomic mass is 16.1. The Hall–Kier alpha value is -1.01. The highest BCUT2D eigenvalue weighted by Gasteiger charge is 2.05. The molecular formula is C8H14N2O. The van der Waals surface area contributed by atoms with Gasteiger partial charge in [0, 0.05) is 0 Å². The average Bonchev–Trinajstić information content (AvgIpc) is 2.03. The molecule has 0 heterocycles. The lowest BCUT2D eigenvalue weighted by molar-refractivity contribution is -0.120. The highest BCUT2D eigenvalue weighted by Crippen LogP contribution is 1.93. The highest BCUT2D eigenvalue weighted by molar-refractivity contribution is 5.78. The van der Waals surface area contributed by atoms with Crippen LogP contribution in [0.1, 0.15) is 19.8 Å². The smallest absolute Gasteiger partial charge is 0.234 e. The molecule has 3 nitrogen and oxygen atoms in total. The third kappa shape index (κ3) is 4.40. The van der Waals surface area contributed by atoms with Crippen LogP contribution in [0.4, 0.5) is 0 Å². The fraction of sp³-hybridized carbons (Fsp3) is 0.625. The molecule has 0 aromatic heterocycles. The summed E-state index contributed by atoms with van der Waals surface area (Å²) in [4.78, 5) is 10.7. The number of nitrogens with one attached hydrogen (secondary N) is 1. The van der Waals surface area contributed by atoms with Crippen LogP contribution in [0.25, 0.3) is 0 Å². The van der Waals surface area contributed by atoms with Crippen molar-refractivity contribution in [1.82, 2.24) is 5.32 Å². The van der Waals surface area contributed by atoms with Gasteiger partial charge in [-0.05, 0) is 6.42 Å². The van der Waals surface area contributed by atoms with Crippen molar-refractivity contribution in [3.05, 3.63) is 0 Å². The maximum absolute atomic E-state index is 10.7. The molecule has 1 amide bonds. The molecule has 0 saturated carbocycles. The van der Waals surface area contributed by atoms with E-state index < -0.39 is 0 Å². The van der Waals surface area contributed by atoms with E-state index in [1.807, 2.05) is 6.92 Å². The SMILES string of the molecule is C#CC(CCC)NC(=O)CN. The summed E-state index contributed by atoms with van der Waals surface area (Å²) in [5.74, 6) is 2.29. The van der Waals surface area contributed by atoms with Gasteiger partial charge in [-0.3, -0.25) is 4.79 Å². The summed E-state index contributed by atoms with van der Waals surface area (Å²) in [5, 5.41) is 2.62. The van der Waals surface area contributed by atoms with Crippen molar-refractivity contribution in [3.8, 4) is 12.3 Å². The van der Waals surface area contributed by atoms with Crippen molar-refractivity contribution >= 4 is 5.91 Å². The number of rotatable bonds is 4. The van der Waals surface area contributed by atoms with Crippen LogP contribution in [0.3, 0.4) is 0 Å². The average molecular weight is 154 g/mol. The Bertz CT molecular complexity index is 160. The van der Waals surface area contributed by atoms with E-state index in [1.165, 1.54) is 0 Å². The first-order chi connectivity index (χ1) is 5.24. The van der Waals surface area contributed by atoms with Crippen LogP contribution in [0.2, 0.25) is 0 Å². The molecule has 0 fully saturated rings. The van der Waals surface area contributed by atoms with E-state index >= 15 is 0 Å². The molecule has 3 heteroatoms. The summed E-state index contributed by atoms with van der Waals surface area (Å²) in [7, 11) is 0. The van der Waals surface area contributed by atoms with E-state index in [-0.39, 0.29) is 18.5 Å². The predicted molar refractivity (Wildman–Crippen MR) is 44.7 cm³/mol. The zero-order valence-electron chi connectivity index (χ0n) is 6.76. The number of hydrogen-bond acceptors (Lipinski definition) is 2. The monoisotopic (exact) mass is 154 g/mol. The number of carbonyl (C=O) groups is 1. The Labute approximate surface area is 67.3 Å². The molecule has 0 radical (unpaired) electrons. The first kappa shape index (κ1) is 9.99. The zero-order valence-corrected chi connectivity index (χ0v) is 6.76. The first-order valence-electron chi connectivity index (χ1n) is 3.70. The molecule has 62 valence electrons. The van der Waals surface area contributed by atoms with Crippen molar-refractivity contribution in [2.45, 2.75) is 25.8 Å². The Kier molecular flexibility index (Phi) is 5.22. The molecule has 0 bridgehead atoms. The van der Waals surface area contributed by atoms with Crippen molar-refractivity contribution in [1.29, 1.82) is 0 Å². The molecule has 0 saturated heterocycles. The van der Waals surface area contributed by atoms with Gasteiger partial charge < -0.3 is 11.1 Å². The molecule has 11 heavy (non-hydrogen) atoms. The lowest BCUT2D eigenvalue weighted by Crippen LogP contribution is -2.37. The lowest BCUT2D eigenvalue weighted by atomic mass is 10.2. The van der Waals surface area contributed by atoms with Gasteiger partial charge in [-0.1, -0.05) is 19.3 Å². The molecule has 0 rings (SSSR count). The van der Waals surface area contributed by atoms with Gasteiger partial charge >= 0.3 is 0 Å². The number of carbonyl (C=O) groups excluding carboxylic acids is 1. The van der Waals surface area contributed by atoms with Gasteiger partial charge in [0.2, 0.25) is 5.91 Å². The molecule has 0 spiro atoms. The zero-order chi connectivity index (χ0) is 8.69. The van der Waals surface area contributed by atoms with Crippen LogP contribution in [-0.4, -0.2) is 18.5 Å². The maximum atomic E-state index is 10.7. The van der Waals surface area contributed by atoms with E-state index in [4.69, 9.17) is 12.2 Å². The van der Waals surface area contributed by atoms with Crippen molar-refractivity contribution in [2.24, 2.45) is 5.73 Å². The Morgan fingerprint density at radius 1 is 1.82 bits per heavy atom. The number of amides is 1. The van der Waals surface area contributed by atoms with Crippen LogP contribution in [0.5, 0.6) is 0 Å². The van der Waals surface area contributed by atoms with Gasteiger partial charge in [0.05, 0.1) is 12.6 Å². The minimum absolute atomic E-state index is 0.00188. The van der Waals surface area contributed by atoms with Crippen LogP contribution in [-0.2, 0) is 4.79 Å². The summed E-state index contributed by atoms with van der Waals surface area (Å²) in [6.07, 6.45) is 6.92. The minimum Gasteiger partial charge on any atom is -0.341 e. The second kappa shape index (κ2) is 5.75. The molecule has 1 unspecified atom stereocenters. The summed E-state index contributed by atoms with van der Waals surface area (Å²) >= 11 is 0. The first-order valence-corrected chi connectivity index (χ1v) is 3.70. The Morgan fingerprint density at radius 3 is 2.82 bits per heavy atom. The summed E-state index contributed by atoms with van der Waals surface area (Å²) in [5.41, 5.74) is 5.09. The minimum atomic E-state index is -0.193. The van der Waals surface area contributed by atoms with E-state index in [2.05, 4.69) is 11.2 Å². The summed E-state index contributed by atoms with van der Waals surface area (Å²) < 4.78 is 0. The maximum Gasteiger partial charge on any atom is 0.234 e. The van der Waals surface area contributed by atoms with E-state index in [0.717, 1.165) is 12.8 Å². The number of nitrogens with two attached hydrogens (primary N) is 1. The second-order valence-corrected chi connectivity index (χ2v) is 2.28. The molecule has 0 aromatic rings. The summed E-state index contributed by atoms with van der Waals surface area (Å²) in [6.45, 7) is 2.01. The Balaban J connectivity index is 3.70.